The number of carbonyl (C=O) groups excluding carboxylic acids is 1. The van der Waals surface area contributed by atoms with E-state index >= 15 is 0 Å². The standard InChI is InChI=1S/C13H22N2OS/c1-5-14-11(17)15-9-8-6-7-13(4,10(9)16)12(8,2)3/h8-9H,5-7H2,1-4H3,(H2,14,15,17). The van der Waals surface area contributed by atoms with Crippen LogP contribution in [0.25, 0.3) is 0 Å². The molecule has 0 heterocycles. The molecular formula is C13H22N2OS. The average Bonchev–Trinajstić information content (AvgIpc) is 2.53. The van der Waals surface area contributed by atoms with Gasteiger partial charge in [0.05, 0.1) is 6.04 Å². The van der Waals surface area contributed by atoms with E-state index in [1.54, 1.807) is 0 Å². The summed E-state index contributed by atoms with van der Waals surface area (Å²) >= 11 is 5.20. The molecule has 0 aromatic carbocycles. The fourth-order valence-electron chi connectivity index (χ4n) is 3.61. The zero-order chi connectivity index (χ0) is 12.8. The van der Waals surface area contributed by atoms with Gasteiger partial charge in [-0.2, -0.15) is 0 Å². The zero-order valence-corrected chi connectivity index (χ0v) is 11.9. The van der Waals surface area contributed by atoms with Gasteiger partial charge >= 0.3 is 0 Å². The highest BCUT2D eigenvalue weighted by Gasteiger charge is 2.66. The number of hydrogen-bond acceptors (Lipinski definition) is 2. The maximum absolute atomic E-state index is 12.5. The molecule has 17 heavy (non-hydrogen) atoms. The molecule has 2 rings (SSSR count). The largest absolute Gasteiger partial charge is 0.363 e. The minimum Gasteiger partial charge on any atom is -0.363 e. The van der Waals surface area contributed by atoms with Crippen molar-refractivity contribution in [3.8, 4) is 0 Å². The Kier molecular flexibility index (Phi) is 2.97. The van der Waals surface area contributed by atoms with E-state index < -0.39 is 0 Å². The topological polar surface area (TPSA) is 41.1 Å². The third-order valence-corrected chi connectivity index (χ3v) is 5.42. The molecule has 3 nitrogen and oxygen atoms in total. The number of nitrogens with one attached hydrogen (secondary N) is 2. The summed E-state index contributed by atoms with van der Waals surface area (Å²) in [5.74, 6) is 0.760. The molecule has 0 spiro atoms. The Morgan fingerprint density at radius 3 is 2.59 bits per heavy atom. The van der Waals surface area contributed by atoms with Crippen molar-refractivity contribution in [3.63, 3.8) is 0 Å². The van der Waals surface area contributed by atoms with Crippen LogP contribution >= 0.6 is 12.2 Å². The quantitative estimate of drug-likeness (QED) is 0.738. The van der Waals surface area contributed by atoms with Crippen LogP contribution in [-0.2, 0) is 4.79 Å². The molecule has 0 amide bonds. The molecule has 0 aliphatic heterocycles. The van der Waals surface area contributed by atoms with Gasteiger partial charge in [-0.25, -0.2) is 0 Å². The van der Waals surface area contributed by atoms with Gasteiger partial charge in [0.1, 0.15) is 0 Å². The highest BCUT2D eigenvalue weighted by atomic mass is 32.1. The van der Waals surface area contributed by atoms with Crippen LogP contribution in [0.2, 0.25) is 0 Å². The van der Waals surface area contributed by atoms with E-state index in [4.69, 9.17) is 12.2 Å². The minimum absolute atomic E-state index is 0.0869. The fourth-order valence-corrected chi connectivity index (χ4v) is 3.88. The van der Waals surface area contributed by atoms with E-state index in [1.165, 1.54) is 0 Å². The first-order valence-electron chi connectivity index (χ1n) is 6.43. The van der Waals surface area contributed by atoms with Gasteiger partial charge in [-0.05, 0) is 43.3 Å². The number of ketones is 1. The lowest BCUT2D eigenvalue weighted by Crippen LogP contribution is -2.49. The Morgan fingerprint density at radius 1 is 1.47 bits per heavy atom. The molecule has 2 fully saturated rings. The van der Waals surface area contributed by atoms with Crippen LogP contribution in [-0.4, -0.2) is 23.5 Å². The first-order valence-corrected chi connectivity index (χ1v) is 6.84. The van der Waals surface area contributed by atoms with Gasteiger partial charge in [-0.3, -0.25) is 4.79 Å². The molecule has 3 unspecified atom stereocenters. The Morgan fingerprint density at radius 2 is 2.12 bits per heavy atom. The van der Waals surface area contributed by atoms with Crippen LogP contribution in [0.4, 0.5) is 0 Å². The molecule has 2 saturated carbocycles. The Labute approximate surface area is 109 Å². The van der Waals surface area contributed by atoms with Gasteiger partial charge in [0.15, 0.2) is 10.9 Å². The normalized spacial score (nSPS) is 38.2. The van der Waals surface area contributed by atoms with E-state index in [0.29, 0.717) is 16.8 Å². The second kappa shape index (κ2) is 3.94. The fraction of sp³-hybridized carbons (Fsp3) is 0.846. The van der Waals surface area contributed by atoms with Crippen LogP contribution in [0.5, 0.6) is 0 Å². The van der Waals surface area contributed by atoms with Crippen molar-refractivity contribution in [1.82, 2.24) is 10.6 Å². The van der Waals surface area contributed by atoms with Crippen LogP contribution in [0.1, 0.15) is 40.5 Å². The smallest absolute Gasteiger partial charge is 0.166 e. The lowest BCUT2D eigenvalue weighted by Gasteiger charge is -2.32. The first-order chi connectivity index (χ1) is 7.84. The average molecular weight is 254 g/mol. The molecule has 2 bridgehead atoms. The van der Waals surface area contributed by atoms with E-state index in [1.807, 2.05) is 6.92 Å². The molecule has 0 radical (unpaired) electrons. The Bertz CT molecular complexity index is 366. The lowest BCUT2D eigenvalue weighted by molar-refractivity contribution is -0.129. The molecule has 96 valence electrons. The van der Waals surface area contributed by atoms with Crippen molar-refractivity contribution in [3.05, 3.63) is 0 Å². The predicted octanol–water partition coefficient (Wildman–Crippen LogP) is 1.86. The summed E-state index contributed by atoms with van der Waals surface area (Å²) in [6.07, 6.45) is 2.15. The van der Waals surface area contributed by atoms with Crippen molar-refractivity contribution < 1.29 is 4.79 Å². The van der Waals surface area contributed by atoms with E-state index in [9.17, 15) is 4.79 Å². The van der Waals surface area contributed by atoms with Gasteiger partial charge in [-0.1, -0.05) is 20.8 Å². The van der Waals surface area contributed by atoms with E-state index in [2.05, 4.69) is 31.4 Å². The van der Waals surface area contributed by atoms with Crippen LogP contribution < -0.4 is 10.6 Å². The number of Topliss-reactive ketones (excluding diaryl/α,β-unsaturated/α-hetero) is 1. The summed E-state index contributed by atoms with van der Waals surface area (Å²) < 4.78 is 0. The molecule has 3 atom stereocenters. The number of thiocarbonyl (C=S) groups is 1. The molecule has 4 heteroatoms. The Balaban J connectivity index is 2.17. The van der Waals surface area contributed by atoms with Gasteiger partial charge < -0.3 is 10.6 Å². The summed E-state index contributed by atoms with van der Waals surface area (Å²) in [6, 6.07) is -0.0877. The van der Waals surface area contributed by atoms with Crippen molar-refractivity contribution in [1.29, 1.82) is 0 Å². The highest BCUT2D eigenvalue weighted by molar-refractivity contribution is 7.80. The van der Waals surface area contributed by atoms with Gasteiger partial charge in [0, 0.05) is 12.0 Å². The van der Waals surface area contributed by atoms with Crippen LogP contribution in [0.3, 0.4) is 0 Å². The molecule has 2 aliphatic carbocycles. The van der Waals surface area contributed by atoms with Crippen LogP contribution in [0.15, 0.2) is 0 Å². The zero-order valence-electron chi connectivity index (χ0n) is 11.1. The molecule has 2 N–H and O–H groups in total. The van der Waals surface area contributed by atoms with Crippen molar-refractivity contribution >= 4 is 23.1 Å². The van der Waals surface area contributed by atoms with Crippen molar-refractivity contribution in [2.24, 2.45) is 16.7 Å². The SMILES string of the molecule is CCNC(=S)NC1C(=O)C2(C)CCC1C2(C)C. The first kappa shape index (κ1) is 12.8. The summed E-state index contributed by atoms with van der Waals surface area (Å²) in [6.45, 7) is 9.36. The Hall–Kier alpha value is -0.640. The van der Waals surface area contributed by atoms with Crippen molar-refractivity contribution in [2.45, 2.75) is 46.6 Å². The van der Waals surface area contributed by atoms with Gasteiger partial charge in [0.2, 0.25) is 0 Å². The number of hydrogen-bond donors (Lipinski definition) is 2. The van der Waals surface area contributed by atoms with Crippen molar-refractivity contribution in [2.75, 3.05) is 6.54 Å². The maximum Gasteiger partial charge on any atom is 0.166 e. The van der Waals surface area contributed by atoms with E-state index in [-0.39, 0.29) is 16.9 Å². The summed E-state index contributed by atoms with van der Waals surface area (Å²) in [7, 11) is 0. The minimum atomic E-state index is -0.169. The molecule has 0 aromatic heterocycles. The summed E-state index contributed by atoms with van der Waals surface area (Å²) in [5.41, 5.74) is -0.0826. The molecule has 0 saturated heterocycles. The summed E-state index contributed by atoms with van der Waals surface area (Å²) in [5, 5.41) is 6.88. The van der Waals surface area contributed by atoms with E-state index in [0.717, 1.165) is 19.4 Å². The number of fused-ring (bicyclic) bond motifs is 2. The number of rotatable bonds is 2. The maximum atomic E-state index is 12.5. The summed E-state index contributed by atoms with van der Waals surface area (Å²) in [4.78, 5) is 12.5. The van der Waals surface area contributed by atoms with Gasteiger partial charge in [0.25, 0.3) is 0 Å². The second-order valence-electron chi connectivity index (χ2n) is 6.04. The monoisotopic (exact) mass is 254 g/mol. The second-order valence-corrected chi connectivity index (χ2v) is 6.45. The molecule has 0 aromatic rings. The number of carbonyl (C=O) groups is 1. The van der Waals surface area contributed by atoms with Gasteiger partial charge in [-0.15, -0.1) is 0 Å². The highest BCUT2D eigenvalue weighted by Crippen LogP contribution is 2.63. The predicted molar refractivity (Wildman–Crippen MR) is 72.8 cm³/mol. The third kappa shape index (κ3) is 1.60. The molecular weight excluding hydrogens is 232 g/mol. The lowest BCUT2D eigenvalue weighted by atomic mass is 9.70. The van der Waals surface area contributed by atoms with Crippen LogP contribution in [0, 0.1) is 16.7 Å². The third-order valence-electron chi connectivity index (χ3n) is 5.16. The molecule has 2 aliphatic rings.